The summed E-state index contributed by atoms with van der Waals surface area (Å²) >= 11 is 0. The molecule has 2 saturated heterocycles. The molecule has 0 saturated carbocycles. The third-order valence-electron chi connectivity index (χ3n) is 5.64. The normalized spacial score (nSPS) is 27.3. The van der Waals surface area contributed by atoms with E-state index in [1.165, 1.54) is 4.31 Å². The Labute approximate surface area is 160 Å². The number of carboxylic acids is 1. The number of nitrogens with zero attached hydrogens (tertiary/aromatic N) is 2. The molecule has 0 aromatic heterocycles. The van der Waals surface area contributed by atoms with Gasteiger partial charge in [0, 0.05) is 26.2 Å². The second-order valence-electron chi connectivity index (χ2n) is 7.74. The van der Waals surface area contributed by atoms with Gasteiger partial charge < -0.3 is 10.0 Å². The smallest absolute Gasteiger partial charge is 0.311 e. The standard InChI is InChI=1S/C19H26N2O5S/c1-19(18(23)24)10-6-11-20(14-19)17(22)15-7-5-12-21(13-15)27(25,26)16-8-3-2-4-9-16/h2-4,8-9,15H,5-7,10-14H2,1H3,(H,23,24). The van der Waals surface area contributed by atoms with Gasteiger partial charge >= 0.3 is 5.97 Å². The second kappa shape index (κ2) is 7.59. The number of carboxylic acid groups (broad SMARTS) is 1. The average molecular weight is 394 g/mol. The molecule has 2 aliphatic rings. The lowest BCUT2D eigenvalue weighted by Gasteiger charge is -2.40. The summed E-state index contributed by atoms with van der Waals surface area (Å²) in [7, 11) is -3.63. The van der Waals surface area contributed by atoms with E-state index in [1.54, 1.807) is 42.2 Å². The van der Waals surface area contributed by atoms with E-state index in [9.17, 15) is 23.1 Å². The van der Waals surface area contributed by atoms with Crippen LogP contribution in [0.3, 0.4) is 0 Å². The number of rotatable bonds is 4. The molecule has 1 aromatic rings. The van der Waals surface area contributed by atoms with Gasteiger partial charge in [0.15, 0.2) is 0 Å². The van der Waals surface area contributed by atoms with Gasteiger partial charge in [0.2, 0.25) is 15.9 Å². The molecule has 2 heterocycles. The molecular formula is C19H26N2O5S. The van der Waals surface area contributed by atoms with Gasteiger partial charge in [-0.1, -0.05) is 18.2 Å². The molecule has 0 spiro atoms. The van der Waals surface area contributed by atoms with Crippen molar-refractivity contribution in [3.8, 4) is 0 Å². The summed E-state index contributed by atoms with van der Waals surface area (Å²) in [4.78, 5) is 26.4. The van der Waals surface area contributed by atoms with Crippen molar-refractivity contribution in [3.05, 3.63) is 30.3 Å². The number of piperidine rings is 2. The topological polar surface area (TPSA) is 95.0 Å². The van der Waals surface area contributed by atoms with Crippen molar-refractivity contribution in [2.75, 3.05) is 26.2 Å². The summed E-state index contributed by atoms with van der Waals surface area (Å²) in [6.45, 7) is 2.93. The van der Waals surface area contributed by atoms with E-state index in [0.29, 0.717) is 38.8 Å². The fraction of sp³-hybridized carbons (Fsp3) is 0.579. The second-order valence-corrected chi connectivity index (χ2v) is 9.68. The van der Waals surface area contributed by atoms with Crippen molar-refractivity contribution in [2.24, 2.45) is 11.3 Å². The van der Waals surface area contributed by atoms with Gasteiger partial charge in [-0.05, 0) is 44.7 Å². The van der Waals surface area contributed by atoms with Crippen LogP contribution in [-0.4, -0.2) is 60.8 Å². The summed E-state index contributed by atoms with van der Waals surface area (Å²) in [5.74, 6) is -1.44. The number of hydrogen-bond acceptors (Lipinski definition) is 4. The van der Waals surface area contributed by atoms with Crippen LogP contribution in [-0.2, 0) is 19.6 Å². The predicted molar refractivity (Wildman–Crippen MR) is 99.5 cm³/mol. The molecule has 1 N–H and O–H groups in total. The minimum Gasteiger partial charge on any atom is -0.481 e. The first kappa shape index (κ1) is 19.8. The van der Waals surface area contributed by atoms with E-state index >= 15 is 0 Å². The zero-order valence-electron chi connectivity index (χ0n) is 15.5. The van der Waals surface area contributed by atoms with E-state index < -0.39 is 27.3 Å². The van der Waals surface area contributed by atoms with Crippen molar-refractivity contribution < 1.29 is 23.1 Å². The molecule has 148 valence electrons. The third kappa shape index (κ3) is 4.01. The molecule has 2 atom stereocenters. The average Bonchev–Trinajstić information content (AvgIpc) is 2.68. The summed E-state index contributed by atoms with van der Waals surface area (Å²) in [5.41, 5.74) is -0.932. The van der Waals surface area contributed by atoms with Gasteiger partial charge in [0.05, 0.1) is 16.2 Å². The lowest BCUT2D eigenvalue weighted by atomic mass is 9.81. The Kier molecular flexibility index (Phi) is 5.58. The van der Waals surface area contributed by atoms with E-state index in [4.69, 9.17) is 0 Å². The molecule has 2 unspecified atom stereocenters. The molecular weight excluding hydrogens is 368 g/mol. The van der Waals surface area contributed by atoms with Crippen LogP contribution in [0, 0.1) is 11.3 Å². The Balaban J connectivity index is 1.73. The van der Waals surface area contributed by atoms with E-state index in [0.717, 1.165) is 0 Å². The lowest BCUT2D eigenvalue weighted by molar-refractivity contribution is -0.154. The van der Waals surface area contributed by atoms with Crippen LogP contribution in [0.15, 0.2) is 35.2 Å². The highest BCUT2D eigenvalue weighted by molar-refractivity contribution is 7.89. The highest BCUT2D eigenvalue weighted by atomic mass is 32.2. The number of aliphatic carboxylic acids is 1. The van der Waals surface area contributed by atoms with Crippen molar-refractivity contribution in [3.63, 3.8) is 0 Å². The number of benzene rings is 1. The minimum absolute atomic E-state index is 0.130. The minimum atomic E-state index is -3.63. The SMILES string of the molecule is CC1(C(=O)O)CCCN(C(=O)C2CCCN(S(=O)(=O)c3ccccc3)C2)C1. The van der Waals surface area contributed by atoms with Crippen LogP contribution in [0.4, 0.5) is 0 Å². The molecule has 0 aliphatic carbocycles. The maximum Gasteiger partial charge on any atom is 0.311 e. The Morgan fingerprint density at radius 2 is 1.85 bits per heavy atom. The monoisotopic (exact) mass is 394 g/mol. The molecule has 7 nitrogen and oxygen atoms in total. The van der Waals surface area contributed by atoms with Gasteiger partial charge in [-0.3, -0.25) is 9.59 Å². The van der Waals surface area contributed by atoms with Crippen LogP contribution < -0.4 is 0 Å². The maximum atomic E-state index is 13.0. The number of likely N-dealkylation sites (tertiary alicyclic amines) is 1. The maximum absolute atomic E-state index is 13.0. The first-order chi connectivity index (χ1) is 12.7. The molecule has 1 amide bonds. The highest BCUT2D eigenvalue weighted by Gasteiger charge is 2.42. The molecule has 2 aliphatic heterocycles. The summed E-state index contributed by atoms with van der Waals surface area (Å²) in [6.07, 6.45) is 2.44. The number of hydrogen-bond donors (Lipinski definition) is 1. The Morgan fingerprint density at radius 1 is 1.15 bits per heavy atom. The first-order valence-corrected chi connectivity index (χ1v) is 10.8. The van der Waals surface area contributed by atoms with Crippen molar-refractivity contribution in [1.29, 1.82) is 0 Å². The Bertz CT molecular complexity index is 811. The molecule has 2 fully saturated rings. The van der Waals surface area contributed by atoms with Crippen LogP contribution in [0.1, 0.15) is 32.6 Å². The van der Waals surface area contributed by atoms with Gasteiger partial charge in [-0.2, -0.15) is 4.31 Å². The molecule has 0 radical (unpaired) electrons. The molecule has 1 aromatic carbocycles. The van der Waals surface area contributed by atoms with Crippen molar-refractivity contribution >= 4 is 21.9 Å². The number of carbonyl (C=O) groups excluding carboxylic acids is 1. The van der Waals surface area contributed by atoms with Crippen molar-refractivity contribution in [1.82, 2.24) is 9.21 Å². The van der Waals surface area contributed by atoms with Crippen molar-refractivity contribution in [2.45, 2.75) is 37.5 Å². The van der Waals surface area contributed by atoms with E-state index in [-0.39, 0.29) is 23.9 Å². The van der Waals surface area contributed by atoms with Gasteiger partial charge in [0.1, 0.15) is 0 Å². The van der Waals surface area contributed by atoms with Gasteiger partial charge in [-0.25, -0.2) is 8.42 Å². The molecule has 3 rings (SSSR count). The predicted octanol–water partition coefficient (Wildman–Crippen LogP) is 1.80. The van der Waals surface area contributed by atoms with E-state index in [2.05, 4.69) is 0 Å². The van der Waals surface area contributed by atoms with Crippen LogP contribution in [0.2, 0.25) is 0 Å². The summed E-state index contributed by atoms with van der Waals surface area (Å²) in [6, 6.07) is 8.24. The zero-order chi connectivity index (χ0) is 19.7. The van der Waals surface area contributed by atoms with Gasteiger partial charge in [-0.15, -0.1) is 0 Å². The Morgan fingerprint density at radius 3 is 2.52 bits per heavy atom. The Hall–Kier alpha value is -1.93. The number of carbonyl (C=O) groups is 2. The largest absolute Gasteiger partial charge is 0.481 e. The van der Waals surface area contributed by atoms with Gasteiger partial charge in [0.25, 0.3) is 0 Å². The molecule has 27 heavy (non-hydrogen) atoms. The van der Waals surface area contributed by atoms with Crippen LogP contribution in [0.5, 0.6) is 0 Å². The number of amides is 1. The van der Waals surface area contributed by atoms with E-state index in [1.807, 2.05) is 0 Å². The van der Waals surface area contributed by atoms with Crippen LogP contribution in [0.25, 0.3) is 0 Å². The fourth-order valence-corrected chi connectivity index (χ4v) is 5.51. The van der Waals surface area contributed by atoms with Crippen LogP contribution >= 0.6 is 0 Å². The highest BCUT2D eigenvalue weighted by Crippen LogP contribution is 2.32. The molecule has 0 bridgehead atoms. The third-order valence-corrected chi connectivity index (χ3v) is 7.52. The zero-order valence-corrected chi connectivity index (χ0v) is 16.3. The quantitative estimate of drug-likeness (QED) is 0.840. The first-order valence-electron chi connectivity index (χ1n) is 9.31. The fourth-order valence-electron chi connectivity index (χ4n) is 3.96. The lowest BCUT2D eigenvalue weighted by Crippen LogP contribution is -2.52. The molecule has 8 heteroatoms. The number of sulfonamides is 1. The summed E-state index contributed by atoms with van der Waals surface area (Å²) in [5, 5.41) is 9.46. The summed E-state index contributed by atoms with van der Waals surface area (Å²) < 4.78 is 27.1.